The van der Waals surface area contributed by atoms with Gasteiger partial charge in [0.25, 0.3) is 0 Å². The van der Waals surface area contributed by atoms with Gasteiger partial charge in [-0.05, 0) is 108 Å². The van der Waals surface area contributed by atoms with Gasteiger partial charge in [0.1, 0.15) is 11.5 Å². The van der Waals surface area contributed by atoms with Crippen LogP contribution in [-0.4, -0.2) is 37.6 Å². The summed E-state index contributed by atoms with van der Waals surface area (Å²) in [7, 11) is 0. The molecule has 0 atom stereocenters. The van der Waals surface area contributed by atoms with Crippen LogP contribution in [0.1, 0.15) is 174 Å². The predicted octanol–water partition coefficient (Wildman–Crippen LogP) is 17.4. The van der Waals surface area contributed by atoms with E-state index in [1.54, 1.807) is 42.8 Å². The molecule has 0 amide bonds. The highest BCUT2D eigenvalue weighted by Gasteiger charge is 2.19. The zero-order valence-corrected chi connectivity index (χ0v) is 41.8. The molecule has 0 unspecified atom stereocenters. The van der Waals surface area contributed by atoms with Crippen LogP contribution < -0.4 is 18.9 Å². The summed E-state index contributed by atoms with van der Waals surface area (Å²) in [5.41, 5.74) is 3.93. The van der Waals surface area contributed by atoms with E-state index in [2.05, 4.69) is 23.8 Å². The number of carbonyl (C=O) groups excluding carboxylic acids is 2. The zero-order valence-electron chi connectivity index (χ0n) is 41.8. The smallest absolute Gasteiger partial charge is 0.343 e. The zero-order chi connectivity index (χ0) is 48.9. The average molecular weight is 943 g/mol. The molecule has 0 saturated heterocycles. The van der Waals surface area contributed by atoms with Gasteiger partial charge in [0, 0.05) is 17.8 Å². The van der Waals surface area contributed by atoms with Gasteiger partial charge in [-0.15, -0.1) is 0 Å². The summed E-state index contributed by atoms with van der Waals surface area (Å²) in [5.74, 6) is 0.821. The van der Waals surface area contributed by atoms with Crippen molar-refractivity contribution in [2.24, 2.45) is 9.98 Å². The maximum Gasteiger partial charge on any atom is 0.343 e. The molecule has 0 aromatic heterocycles. The molecule has 6 aromatic carbocycles. The molecule has 8 nitrogen and oxygen atoms in total. The van der Waals surface area contributed by atoms with Crippen molar-refractivity contribution in [3.63, 3.8) is 0 Å². The van der Waals surface area contributed by atoms with Gasteiger partial charge in [0.2, 0.25) is 0 Å². The summed E-state index contributed by atoms with van der Waals surface area (Å²) >= 11 is 0. The molecule has 6 rings (SSSR count). The Labute approximate surface area is 417 Å². The molecular formula is C62H74N2O6. The van der Waals surface area contributed by atoms with E-state index in [0.717, 1.165) is 65.4 Å². The molecule has 0 spiro atoms. The van der Waals surface area contributed by atoms with E-state index >= 15 is 0 Å². The molecule has 0 aliphatic heterocycles. The standard InChI is InChI=1S/C62H74N2O6/c1-3-5-7-9-11-13-15-17-19-23-45-67-56-40-36-54(37-41-56)63-47-49-27-31-52(32-28-49)61(65)69-59-44-35-51-25-21-22-26-58(51)60(59)70-62(66)53-33-29-50(30-34-53)48-64-55-38-42-57(43-39-55)68-46-24-20-18-16-14-12-10-8-6-4-2/h21-22,25-44,47-48H,3-20,23-24,45-46H2,1-2H3. The number of nitrogens with zero attached hydrogens (tertiary/aromatic N) is 2. The van der Waals surface area contributed by atoms with Crippen molar-refractivity contribution in [1.29, 1.82) is 0 Å². The molecular weight excluding hydrogens is 869 g/mol. The van der Waals surface area contributed by atoms with Crippen LogP contribution in [0.5, 0.6) is 23.0 Å². The first-order chi connectivity index (χ1) is 34.5. The third kappa shape index (κ3) is 18.8. The summed E-state index contributed by atoms with van der Waals surface area (Å²) in [4.78, 5) is 36.3. The largest absolute Gasteiger partial charge is 0.494 e. The molecule has 6 aromatic rings. The van der Waals surface area contributed by atoms with Crippen LogP contribution in [0.3, 0.4) is 0 Å². The van der Waals surface area contributed by atoms with E-state index < -0.39 is 11.9 Å². The van der Waals surface area contributed by atoms with Crippen LogP contribution in [-0.2, 0) is 0 Å². The van der Waals surface area contributed by atoms with Crippen LogP contribution in [0.4, 0.5) is 11.4 Å². The number of fused-ring (bicyclic) bond motifs is 1. The van der Waals surface area contributed by atoms with Crippen molar-refractivity contribution in [3.05, 3.63) is 156 Å². The molecule has 0 aliphatic rings. The molecule has 0 heterocycles. The van der Waals surface area contributed by atoms with Crippen molar-refractivity contribution in [2.75, 3.05) is 13.2 Å². The molecule has 0 saturated carbocycles. The SMILES string of the molecule is CCCCCCCCCCCCOc1ccc(N=Cc2ccc(C(=O)Oc3ccc4ccccc4c3OC(=O)c3ccc(C=Nc4ccc(OCCCCCCCCCCCC)cc4)cc3)cc2)cc1. The van der Waals surface area contributed by atoms with Gasteiger partial charge in [-0.3, -0.25) is 9.98 Å². The lowest BCUT2D eigenvalue weighted by molar-refractivity contribution is 0.0684. The van der Waals surface area contributed by atoms with Gasteiger partial charge in [-0.2, -0.15) is 0 Å². The Morgan fingerprint density at radius 3 is 1.26 bits per heavy atom. The maximum atomic E-state index is 13.6. The maximum absolute atomic E-state index is 13.6. The Balaban J connectivity index is 0.944. The number of ether oxygens (including phenoxy) is 4. The number of esters is 2. The second-order valence-electron chi connectivity index (χ2n) is 18.2. The number of hydrogen-bond donors (Lipinski definition) is 0. The molecule has 8 heteroatoms. The van der Waals surface area contributed by atoms with Crippen molar-refractivity contribution in [1.82, 2.24) is 0 Å². The van der Waals surface area contributed by atoms with E-state index in [4.69, 9.17) is 18.9 Å². The fraction of sp³-hybridized carbons (Fsp3) is 0.387. The molecule has 0 radical (unpaired) electrons. The van der Waals surface area contributed by atoms with Crippen LogP contribution in [0.2, 0.25) is 0 Å². The molecule has 0 bridgehead atoms. The number of benzene rings is 6. The normalized spacial score (nSPS) is 11.4. The number of aliphatic imine (C=N–C) groups is 2. The second kappa shape index (κ2) is 30.8. The fourth-order valence-corrected chi connectivity index (χ4v) is 8.24. The first kappa shape index (κ1) is 52.8. The highest BCUT2D eigenvalue weighted by atomic mass is 16.6. The summed E-state index contributed by atoms with van der Waals surface area (Å²) in [6, 6.07) is 40.5. The van der Waals surface area contributed by atoms with Crippen molar-refractivity contribution in [2.45, 2.75) is 142 Å². The molecule has 70 heavy (non-hydrogen) atoms. The van der Waals surface area contributed by atoms with Gasteiger partial charge < -0.3 is 18.9 Å². The van der Waals surface area contributed by atoms with Gasteiger partial charge in [-0.25, -0.2) is 9.59 Å². The van der Waals surface area contributed by atoms with Crippen molar-refractivity contribution < 1.29 is 28.5 Å². The number of hydrogen-bond acceptors (Lipinski definition) is 8. The quantitative estimate of drug-likeness (QED) is 0.0181. The van der Waals surface area contributed by atoms with E-state index in [-0.39, 0.29) is 11.5 Å². The van der Waals surface area contributed by atoms with Gasteiger partial charge in [0.05, 0.1) is 35.7 Å². The fourth-order valence-electron chi connectivity index (χ4n) is 8.24. The minimum absolute atomic E-state index is 0.137. The lowest BCUT2D eigenvalue weighted by Gasteiger charge is -2.13. The van der Waals surface area contributed by atoms with Gasteiger partial charge in [0.15, 0.2) is 11.5 Å². The highest BCUT2D eigenvalue weighted by Crippen LogP contribution is 2.37. The van der Waals surface area contributed by atoms with E-state index in [1.165, 1.54) is 116 Å². The lowest BCUT2D eigenvalue weighted by atomic mass is 10.1. The summed E-state index contributed by atoms with van der Waals surface area (Å²) in [5, 5.41) is 1.47. The van der Waals surface area contributed by atoms with Crippen LogP contribution >= 0.6 is 0 Å². The van der Waals surface area contributed by atoms with E-state index in [9.17, 15) is 9.59 Å². The average Bonchev–Trinajstić information content (AvgIpc) is 3.40. The Morgan fingerprint density at radius 1 is 0.414 bits per heavy atom. The van der Waals surface area contributed by atoms with Gasteiger partial charge in [-0.1, -0.05) is 184 Å². The minimum Gasteiger partial charge on any atom is -0.494 e. The monoisotopic (exact) mass is 943 g/mol. The second-order valence-corrected chi connectivity index (χ2v) is 18.2. The third-order valence-electron chi connectivity index (χ3n) is 12.5. The predicted molar refractivity (Wildman–Crippen MR) is 289 cm³/mol. The Morgan fingerprint density at radius 2 is 0.814 bits per heavy atom. The van der Waals surface area contributed by atoms with Gasteiger partial charge >= 0.3 is 11.9 Å². The highest BCUT2D eigenvalue weighted by molar-refractivity contribution is 5.99. The van der Waals surface area contributed by atoms with Crippen LogP contribution in [0.25, 0.3) is 10.8 Å². The minimum atomic E-state index is -0.584. The first-order valence-electron chi connectivity index (χ1n) is 26.2. The van der Waals surface area contributed by atoms with Crippen LogP contribution in [0.15, 0.2) is 143 Å². The Hall–Kier alpha value is -6.54. The molecule has 0 fully saturated rings. The first-order valence-corrected chi connectivity index (χ1v) is 26.2. The van der Waals surface area contributed by atoms with E-state index in [0.29, 0.717) is 16.5 Å². The Bertz CT molecular complexity index is 2500. The number of unbranched alkanes of at least 4 members (excludes halogenated alkanes) is 18. The van der Waals surface area contributed by atoms with E-state index in [1.807, 2.05) is 103 Å². The third-order valence-corrected chi connectivity index (χ3v) is 12.5. The summed E-state index contributed by atoms with van der Waals surface area (Å²) in [6.07, 6.45) is 29.5. The molecule has 0 aliphatic carbocycles. The Kier molecular flexibility index (Phi) is 23.3. The summed E-state index contributed by atoms with van der Waals surface area (Å²) in [6.45, 7) is 5.97. The topological polar surface area (TPSA) is 95.8 Å². The van der Waals surface area contributed by atoms with Crippen LogP contribution in [0, 0.1) is 0 Å². The number of carbonyl (C=O) groups is 2. The molecule has 0 N–H and O–H groups in total. The molecule has 368 valence electrons. The lowest BCUT2D eigenvalue weighted by Crippen LogP contribution is -2.13. The number of rotatable bonds is 32. The van der Waals surface area contributed by atoms with Crippen molar-refractivity contribution >= 4 is 46.5 Å². The summed E-state index contributed by atoms with van der Waals surface area (Å²) < 4.78 is 23.8. The van der Waals surface area contributed by atoms with Crippen molar-refractivity contribution in [3.8, 4) is 23.0 Å².